The molecule has 1 fully saturated rings. The molecule has 1 unspecified atom stereocenters. The highest BCUT2D eigenvalue weighted by Crippen LogP contribution is 2.38. The second-order valence-corrected chi connectivity index (χ2v) is 9.93. The molecule has 162 valence electrons. The number of aromatic hydroxyl groups is 1. The number of hydrogen-bond donors (Lipinski definition) is 2. The van der Waals surface area contributed by atoms with Crippen LogP contribution in [0.5, 0.6) is 5.75 Å². The van der Waals surface area contributed by atoms with Gasteiger partial charge in [-0.25, -0.2) is 10.0 Å². The highest BCUT2D eigenvalue weighted by molar-refractivity contribution is 7.90. The molecule has 2 aromatic rings. The summed E-state index contributed by atoms with van der Waals surface area (Å²) in [6.45, 7) is 5.49. The molecule has 0 bridgehead atoms. The molecular weight excluding hydrogens is 420 g/mol. The Morgan fingerprint density at radius 1 is 1.03 bits per heavy atom. The van der Waals surface area contributed by atoms with Crippen molar-refractivity contribution in [3.63, 3.8) is 0 Å². The van der Waals surface area contributed by atoms with Gasteiger partial charge in [0.15, 0.2) is 5.92 Å². The average molecular weight is 442 g/mol. The van der Waals surface area contributed by atoms with Gasteiger partial charge in [0.05, 0.1) is 12.1 Å². The van der Waals surface area contributed by atoms with Crippen molar-refractivity contribution in [1.29, 1.82) is 0 Å². The standard InChI is InChI=1S/C21H22N4O5S/c1-21(2,3)25-20(28)16(19(27)24(25)12-13-8-5-4-6-9-13)18-22-17-14(26)10-7-11-15(17)31(29,30)23-18/h4-11,16,26H,12H2,1-3H3,(H,22,23). The summed E-state index contributed by atoms with van der Waals surface area (Å²) in [7, 11) is -4.20. The Bertz CT molecular complexity index is 1200. The lowest BCUT2D eigenvalue weighted by Crippen LogP contribution is -2.51. The highest BCUT2D eigenvalue weighted by Gasteiger charge is 2.53. The fourth-order valence-electron chi connectivity index (χ4n) is 3.74. The van der Waals surface area contributed by atoms with Crippen molar-refractivity contribution in [2.24, 2.45) is 10.3 Å². The normalized spacial score (nSPS) is 20.4. The van der Waals surface area contributed by atoms with Crippen LogP contribution in [0.1, 0.15) is 26.3 Å². The first-order valence-corrected chi connectivity index (χ1v) is 11.1. The minimum absolute atomic E-state index is 0.100. The summed E-state index contributed by atoms with van der Waals surface area (Å²) in [5.41, 5.74) is -0.0330. The van der Waals surface area contributed by atoms with E-state index in [1.54, 1.807) is 20.8 Å². The van der Waals surface area contributed by atoms with E-state index in [0.717, 1.165) is 5.56 Å². The van der Waals surface area contributed by atoms with Crippen molar-refractivity contribution in [2.45, 2.75) is 37.8 Å². The Morgan fingerprint density at radius 3 is 2.35 bits per heavy atom. The second kappa shape index (κ2) is 7.09. The first-order chi connectivity index (χ1) is 14.5. The van der Waals surface area contributed by atoms with Crippen LogP contribution in [0, 0.1) is 5.92 Å². The smallest absolute Gasteiger partial charge is 0.286 e. The number of phenolic OH excluding ortho intramolecular Hbond substituents is 1. The summed E-state index contributed by atoms with van der Waals surface area (Å²) >= 11 is 0. The van der Waals surface area contributed by atoms with Gasteiger partial charge in [-0.05, 0) is 38.5 Å². The minimum atomic E-state index is -4.20. The maximum absolute atomic E-state index is 13.4. The lowest BCUT2D eigenvalue weighted by molar-refractivity contribution is -0.159. The molecule has 2 amide bonds. The molecule has 31 heavy (non-hydrogen) atoms. The Morgan fingerprint density at radius 2 is 1.71 bits per heavy atom. The molecule has 0 radical (unpaired) electrons. The SMILES string of the molecule is CC(C)(C)N1C(=O)C(C2=NS(=O)(=O)c3cccc(O)c3N2)C(=O)N1Cc1ccccc1. The molecule has 2 aliphatic heterocycles. The number of fused-ring (bicyclic) bond motifs is 1. The number of amidine groups is 1. The largest absolute Gasteiger partial charge is 0.506 e. The molecule has 1 saturated heterocycles. The van der Waals surface area contributed by atoms with Crippen molar-refractivity contribution in [3.05, 3.63) is 54.1 Å². The van der Waals surface area contributed by atoms with Crippen molar-refractivity contribution in [1.82, 2.24) is 10.0 Å². The Kier molecular flexibility index (Phi) is 4.77. The zero-order valence-corrected chi connectivity index (χ0v) is 18.0. The zero-order valence-electron chi connectivity index (χ0n) is 17.2. The number of carbonyl (C=O) groups is 2. The molecule has 9 nitrogen and oxygen atoms in total. The molecule has 2 aromatic carbocycles. The van der Waals surface area contributed by atoms with Crippen LogP contribution in [-0.2, 0) is 26.2 Å². The number of para-hydroxylation sites is 1. The predicted molar refractivity (Wildman–Crippen MR) is 113 cm³/mol. The molecule has 0 spiro atoms. The van der Waals surface area contributed by atoms with Crippen molar-refractivity contribution >= 4 is 33.4 Å². The number of amides is 2. The molecule has 0 aliphatic carbocycles. The van der Waals surface area contributed by atoms with Gasteiger partial charge in [0.2, 0.25) is 0 Å². The van der Waals surface area contributed by atoms with Gasteiger partial charge in [-0.3, -0.25) is 9.59 Å². The van der Waals surface area contributed by atoms with Crippen LogP contribution in [0.3, 0.4) is 0 Å². The van der Waals surface area contributed by atoms with Gasteiger partial charge in [0.25, 0.3) is 21.8 Å². The van der Waals surface area contributed by atoms with Crippen LogP contribution >= 0.6 is 0 Å². The molecule has 2 aliphatic rings. The van der Waals surface area contributed by atoms with E-state index >= 15 is 0 Å². The van der Waals surface area contributed by atoms with Gasteiger partial charge in [-0.1, -0.05) is 36.4 Å². The summed E-state index contributed by atoms with van der Waals surface area (Å²) in [5.74, 6) is -3.29. The van der Waals surface area contributed by atoms with Gasteiger partial charge in [0.1, 0.15) is 22.2 Å². The molecule has 0 aromatic heterocycles. The molecule has 4 rings (SSSR count). The molecular formula is C21H22N4O5S. The number of carbonyl (C=O) groups excluding carboxylic acids is 2. The van der Waals surface area contributed by atoms with E-state index in [1.807, 2.05) is 30.3 Å². The summed E-state index contributed by atoms with van der Waals surface area (Å²) in [4.78, 5) is 26.5. The quantitative estimate of drug-likeness (QED) is 0.555. The van der Waals surface area contributed by atoms with Crippen LogP contribution in [0.2, 0.25) is 0 Å². The molecule has 2 heterocycles. The number of benzene rings is 2. The number of hydrazine groups is 1. The summed E-state index contributed by atoms with van der Waals surface area (Å²) < 4.78 is 29.0. The van der Waals surface area contributed by atoms with E-state index < -0.39 is 33.3 Å². The van der Waals surface area contributed by atoms with Gasteiger partial charge in [-0.2, -0.15) is 8.42 Å². The van der Waals surface area contributed by atoms with Crippen molar-refractivity contribution < 1.29 is 23.1 Å². The van der Waals surface area contributed by atoms with Crippen LogP contribution in [-0.4, -0.2) is 46.7 Å². The van der Waals surface area contributed by atoms with Gasteiger partial charge >= 0.3 is 0 Å². The number of anilines is 1. The van der Waals surface area contributed by atoms with E-state index in [-0.39, 0.29) is 28.7 Å². The monoisotopic (exact) mass is 442 g/mol. The first-order valence-electron chi connectivity index (χ1n) is 9.64. The van der Waals surface area contributed by atoms with E-state index in [2.05, 4.69) is 9.71 Å². The number of phenols is 1. The van der Waals surface area contributed by atoms with Gasteiger partial charge in [0, 0.05) is 0 Å². The van der Waals surface area contributed by atoms with Gasteiger partial charge < -0.3 is 10.4 Å². The number of nitrogens with zero attached hydrogens (tertiary/aromatic N) is 3. The van der Waals surface area contributed by atoms with E-state index in [0.29, 0.717) is 0 Å². The van der Waals surface area contributed by atoms with Gasteiger partial charge in [-0.15, -0.1) is 4.40 Å². The van der Waals surface area contributed by atoms with Crippen LogP contribution < -0.4 is 5.32 Å². The topological polar surface area (TPSA) is 119 Å². The van der Waals surface area contributed by atoms with Crippen molar-refractivity contribution in [2.75, 3.05) is 5.32 Å². The Hall–Kier alpha value is -3.40. The third-order valence-electron chi connectivity index (χ3n) is 5.04. The first kappa shape index (κ1) is 20.9. The average Bonchev–Trinajstić information content (AvgIpc) is 2.93. The minimum Gasteiger partial charge on any atom is -0.506 e. The predicted octanol–water partition coefficient (Wildman–Crippen LogP) is 2.11. The Labute approximate surface area is 180 Å². The number of sulfonamides is 1. The molecule has 1 atom stereocenters. The fraction of sp³-hybridized carbons (Fsp3) is 0.286. The molecule has 2 N–H and O–H groups in total. The molecule has 10 heteroatoms. The van der Waals surface area contributed by atoms with Crippen molar-refractivity contribution in [3.8, 4) is 5.75 Å². The zero-order chi connectivity index (χ0) is 22.6. The fourth-order valence-corrected chi connectivity index (χ4v) is 4.91. The number of hydrogen-bond acceptors (Lipinski definition) is 6. The van der Waals surface area contributed by atoms with Crippen LogP contribution in [0.25, 0.3) is 0 Å². The molecule has 0 saturated carbocycles. The van der Waals surface area contributed by atoms with Crippen LogP contribution in [0.15, 0.2) is 57.8 Å². The summed E-state index contributed by atoms with van der Waals surface area (Å²) in [5, 5.41) is 15.5. The number of nitrogens with one attached hydrogen (secondary N) is 1. The maximum Gasteiger partial charge on any atom is 0.286 e. The van der Waals surface area contributed by atoms with E-state index in [1.165, 1.54) is 28.2 Å². The third kappa shape index (κ3) is 3.52. The highest BCUT2D eigenvalue weighted by atomic mass is 32.2. The maximum atomic E-state index is 13.4. The second-order valence-electron chi connectivity index (χ2n) is 8.36. The van der Waals surface area contributed by atoms with Crippen LogP contribution in [0.4, 0.5) is 5.69 Å². The number of rotatable bonds is 3. The lowest BCUT2D eigenvalue weighted by Gasteiger charge is -2.38. The Balaban J connectivity index is 1.77. The lowest BCUT2D eigenvalue weighted by atomic mass is 10.0. The summed E-state index contributed by atoms with van der Waals surface area (Å²) in [6, 6.07) is 13.2. The third-order valence-corrected chi connectivity index (χ3v) is 6.37. The van der Waals surface area contributed by atoms with E-state index in [9.17, 15) is 23.1 Å². The van der Waals surface area contributed by atoms with E-state index in [4.69, 9.17) is 0 Å². The summed E-state index contributed by atoms with van der Waals surface area (Å²) in [6.07, 6.45) is 0.